The Bertz CT molecular complexity index is 569. The Morgan fingerprint density at radius 3 is 2.45 bits per heavy atom. The van der Waals surface area contributed by atoms with Crippen molar-refractivity contribution >= 4 is 15.8 Å². The lowest BCUT2D eigenvalue weighted by Crippen LogP contribution is -2.33. The summed E-state index contributed by atoms with van der Waals surface area (Å²) in [6.45, 7) is 1.53. The maximum atomic E-state index is 12.0. The van der Waals surface area contributed by atoms with Crippen molar-refractivity contribution in [3.05, 3.63) is 40.4 Å². The molecule has 0 unspecified atom stereocenters. The quantitative estimate of drug-likeness (QED) is 0.424. The van der Waals surface area contributed by atoms with E-state index in [9.17, 15) is 23.3 Å². The molecule has 110 valence electrons. The van der Waals surface area contributed by atoms with Crippen LogP contribution < -0.4 is 0 Å². The Morgan fingerprint density at radius 2 is 1.95 bits per heavy atom. The van der Waals surface area contributed by atoms with Gasteiger partial charge in [0.25, 0.3) is 0 Å². The van der Waals surface area contributed by atoms with E-state index in [1.165, 1.54) is 19.1 Å². The lowest BCUT2D eigenvalue weighted by Gasteiger charge is -2.09. The zero-order valence-electron chi connectivity index (χ0n) is 10.9. The molecule has 7 nitrogen and oxygen atoms in total. The number of sulfone groups is 1. The second-order valence-electron chi connectivity index (χ2n) is 3.97. The van der Waals surface area contributed by atoms with Crippen LogP contribution in [0.25, 0.3) is 0 Å². The van der Waals surface area contributed by atoms with Crippen LogP contribution in [0.2, 0.25) is 0 Å². The number of ether oxygens (including phenoxy) is 1. The molecular formula is C12H15NO6S. The Labute approximate surface area is 116 Å². The predicted molar refractivity (Wildman–Crippen MR) is 70.5 cm³/mol. The van der Waals surface area contributed by atoms with Gasteiger partial charge in [-0.3, -0.25) is 10.1 Å². The number of hydrogen-bond acceptors (Lipinski definition) is 6. The SMILES string of the molecule is CCOC(=O)[C@H](CCS(=O)(=O)c1ccccc1)[N+](=O)[O-]. The summed E-state index contributed by atoms with van der Waals surface area (Å²) < 4.78 is 28.5. The third-order valence-electron chi connectivity index (χ3n) is 2.58. The molecule has 0 spiro atoms. The van der Waals surface area contributed by atoms with Crippen molar-refractivity contribution < 1.29 is 22.9 Å². The largest absolute Gasteiger partial charge is 0.461 e. The van der Waals surface area contributed by atoms with E-state index in [2.05, 4.69) is 4.74 Å². The van der Waals surface area contributed by atoms with Crippen LogP contribution in [0.1, 0.15) is 13.3 Å². The van der Waals surface area contributed by atoms with Crippen LogP contribution in [-0.2, 0) is 19.4 Å². The van der Waals surface area contributed by atoms with Crippen molar-refractivity contribution in [1.29, 1.82) is 0 Å². The zero-order chi connectivity index (χ0) is 15.2. The molecule has 0 amide bonds. The van der Waals surface area contributed by atoms with Gasteiger partial charge in [0, 0.05) is 11.3 Å². The van der Waals surface area contributed by atoms with E-state index in [4.69, 9.17) is 0 Å². The van der Waals surface area contributed by atoms with Crippen molar-refractivity contribution in [2.45, 2.75) is 24.3 Å². The van der Waals surface area contributed by atoms with Gasteiger partial charge in [-0.1, -0.05) is 18.2 Å². The molecule has 1 atom stereocenters. The Kier molecular flexibility index (Phi) is 5.63. The first kappa shape index (κ1) is 16.1. The summed E-state index contributed by atoms with van der Waals surface area (Å²) in [5, 5.41) is 10.8. The highest BCUT2D eigenvalue weighted by atomic mass is 32.2. The molecule has 0 heterocycles. The molecule has 1 aromatic rings. The molecule has 0 bridgehead atoms. The van der Waals surface area contributed by atoms with Gasteiger partial charge in [0.05, 0.1) is 17.3 Å². The first-order valence-electron chi connectivity index (χ1n) is 5.96. The van der Waals surface area contributed by atoms with Crippen molar-refractivity contribution in [2.24, 2.45) is 0 Å². The van der Waals surface area contributed by atoms with Crippen LogP contribution in [0.15, 0.2) is 35.2 Å². The number of nitrogens with zero attached hydrogens (tertiary/aromatic N) is 1. The van der Waals surface area contributed by atoms with Crippen LogP contribution >= 0.6 is 0 Å². The number of carbonyl (C=O) groups is 1. The van der Waals surface area contributed by atoms with Crippen LogP contribution in [0.3, 0.4) is 0 Å². The third-order valence-corrected chi connectivity index (χ3v) is 4.34. The van der Waals surface area contributed by atoms with Crippen molar-refractivity contribution in [3.8, 4) is 0 Å². The molecule has 8 heteroatoms. The van der Waals surface area contributed by atoms with Gasteiger partial charge in [-0.15, -0.1) is 0 Å². The first-order valence-corrected chi connectivity index (χ1v) is 7.61. The molecule has 0 aliphatic heterocycles. The number of benzene rings is 1. The van der Waals surface area contributed by atoms with E-state index in [1.807, 2.05) is 0 Å². The summed E-state index contributed by atoms with van der Waals surface area (Å²) in [6.07, 6.45) is -0.414. The summed E-state index contributed by atoms with van der Waals surface area (Å²) >= 11 is 0. The molecule has 0 aliphatic rings. The Morgan fingerprint density at radius 1 is 1.35 bits per heavy atom. The normalized spacial score (nSPS) is 12.7. The molecule has 0 saturated carbocycles. The molecular weight excluding hydrogens is 286 g/mol. The highest BCUT2D eigenvalue weighted by Crippen LogP contribution is 2.13. The van der Waals surface area contributed by atoms with Gasteiger partial charge in [-0.2, -0.15) is 0 Å². The van der Waals surface area contributed by atoms with E-state index < -0.39 is 38.9 Å². The van der Waals surface area contributed by atoms with Gasteiger partial charge >= 0.3 is 12.0 Å². The average Bonchev–Trinajstić information content (AvgIpc) is 2.39. The number of hydrogen-bond donors (Lipinski definition) is 0. The number of esters is 1. The average molecular weight is 301 g/mol. The first-order chi connectivity index (χ1) is 9.38. The molecule has 0 fully saturated rings. The highest BCUT2D eigenvalue weighted by Gasteiger charge is 2.33. The van der Waals surface area contributed by atoms with E-state index in [1.54, 1.807) is 18.2 Å². The molecule has 0 aliphatic carbocycles. The molecule has 0 saturated heterocycles. The third kappa shape index (κ3) is 4.30. The molecule has 0 radical (unpaired) electrons. The second kappa shape index (κ2) is 6.99. The molecule has 0 aromatic heterocycles. The number of rotatable bonds is 7. The standard InChI is InChI=1S/C12H15NO6S/c1-2-19-12(14)11(13(15)16)8-9-20(17,18)10-6-4-3-5-7-10/h3-7,11H,2,8-9H2,1H3/t11-/m0/s1. The maximum absolute atomic E-state index is 12.0. The van der Waals surface area contributed by atoms with Gasteiger partial charge < -0.3 is 4.74 Å². The molecule has 1 aromatic carbocycles. The van der Waals surface area contributed by atoms with Crippen molar-refractivity contribution in [2.75, 3.05) is 12.4 Å². The second-order valence-corrected chi connectivity index (χ2v) is 6.08. The summed E-state index contributed by atoms with van der Waals surface area (Å²) in [5.74, 6) is -1.50. The predicted octanol–water partition coefficient (Wildman–Crippen LogP) is 1.06. The van der Waals surface area contributed by atoms with E-state index in [0.717, 1.165) is 0 Å². The lowest BCUT2D eigenvalue weighted by atomic mass is 10.2. The summed E-state index contributed by atoms with van der Waals surface area (Å²) in [4.78, 5) is 21.4. The summed E-state index contributed by atoms with van der Waals surface area (Å²) in [5.41, 5.74) is 0. The zero-order valence-corrected chi connectivity index (χ0v) is 11.7. The summed E-state index contributed by atoms with van der Waals surface area (Å²) in [6, 6.07) is 5.93. The van der Waals surface area contributed by atoms with Crippen LogP contribution in [0.4, 0.5) is 0 Å². The van der Waals surface area contributed by atoms with Crippen LogP contribution in [0, 0.1) is 10.1 Å². The highest BCUT2D eigenvalue weighted by molar-refractivity contribution is 7.91. The number of carbonyl (C=O) groups excluding carboxylic acids is 1. The fourth-order valence-corrected chi connectivity index (χ4v) is 2.90. The minimum Gasteiger partial charge on any atom is -0.461 e. The van der Waals surface area contributed by atoms with Crippen LogP contribution in [-0.4, -0.2) is 37.7 Å². The Hall–Kier alpha value is -1.96. The minimum atomic E-state index is -3.65. The van der Waals surface area contributed by atoms with E-state index in [0.29, 0.717) is 0 Å². The smallest absolute Gasteiger partial charge is 0.381 e. The Balaban J connectivity index is 2.78. The molecule has 20 heavy (non-hydrogen) atoms. The summed E-state index contributed by atoms with van der Waals surface area (Å²) in [7, 11) is -3.65. The van der Waals surface area contributed by atoms with Gasteiger partial charge in [0.15, 0.2) is 9.84 Å². The number of nitro groups is 1. The fourth-order valence-electron chi connectivity index (χ4n) is 1.56. The van der Waals surface area contributed by atoms with E-state index in [-0.39, 0.29) is 11.5 Å². The minimum absolute atomic E-state index is 0.00854. The van der Waals surface area contributed by atoms with E-state index >= 15 is 0 Å². The fraction of sp³-hybridized carbons (Fsp3) is 0.417. The maximum Gasteiger partial charge on any atom is 0.381 e. The van der Waals surface area contributed by atoms with Crippen LogP contribution in [0.5, 0.6) is 0 Å². The van der Waals surface area contributed by atoms with Crippen molar-refractivity contribution in [1.82, 2.24) is 0 Å². The monoisotopic (exact) mass is 301 g/mol. The van der Waals surface area contributed by atoms with Gasteiger partial charge in [-0.25, -0.2) is 13.2 Å². The molecule has 1 rings (SSSR count). The lowest BCUT2D eigenvalue weighted by molar-refractivity contribution is -0.510. The van der Waals surface area contributed by atoms with Gasteiger partial charge in [-0.05, 0) is 19.1 Å². The topological polar surface area (TPSA) is 104 Å². The van der Waals surface area contributed by atoms with Gasteiger partial charge in [0.1, 0.15) is 0 Å². The molecule has 0 N–H and O–H groups in total. The van der Waals surface area contributed by atoms with Crippen molar-refractivity contribution in [3.63, 3.8) is 0 Å². The van der Waals surface area contributed by atoms with Gasteiger partial charge in [0.2, 0.25) is 0 Å².